The zero-order chi connectivity index (χ0) is 9.52. The van der Waals surface area contributed by atoms with Crippen LogP contribution >= 0.6 is 0 Å². The molecular formula is C8H11N3O2. The zero-order valence-corrected chi connectivity index (χ0v) is 7.28. The van der Waals surface area contributed by atoms with Crippen LogP contribution in [0, 0.1) is 0 Å². The molecule has 5 heteroatoms. The van der Waals surface area contributed by atoms with Crippen molar-refractivity contribution in [2.45, 2.75) is 6.61 Å². The fourth-order valence-electron chi connectivity index (χ4n) is 0.761. The maximum Gasteiger partial charge on any atom is 0.421 e. The van der Waals surface area contributed by atoms with Gasteiger partial charge in [0.2, 0.25) is 0 Å². The van der Waals surface area contributed by atoms with Crippen LogP contribution in [-0.4, -0.2) is 18.1 Å². The van der Waals surface area contributed by atoms with Crippen molar-refractivity contribution in [1.82, 2.24) is 15.8 Å². The summed E-state index contributed by atoms with van der Waals surface area (Å²) < 4.78 is 4.79. The van der Waals surface area contributed by atoms with E-state index in [9.17, 15) is 4.79 Å². The van der Waals surface area contributed by atoms with Crippen LogP contribution in [0.2, 0.25) is 0 Å². The molecule has 0 aliphatic heterocycles. The molecule has 1 rings (SSSR count). The molecule has 0 unspecified atom stereocenters. The second-order valence-electron chi connectivity index (χ2n) is 2.27. The molecule has 0 radical (unpaired) electrons. The van der Waals surface area contributed by atoms with Gasteiger partial charge >= 0.3 is 6.09 Å². The molecule has 0 fully saturated rings. The molecule has 0 aromatic carbocycles. The third kappa shape index (κ3) is 3.53. The van der Waals surface area contributed by atoms with Gasteiger partial charge in [0, 0.05) is 13.2 Å². The molecule has 5 nitrogen and oxygen atoms in total. The van der Waals surface area contributed by atoms with Crippen LogP contribution in [0.4, 0.5) is 4.79 Å². The van der Waals surface area contributed by atoms with Crippen molar-refractivity contribution in [3.05, 3.63) is 30.1 Å². The number of ether oxygens (including phenoxy) is 1. The third-order valence-electron chi connectivity index (χ3n) is 1.30. The molecule has 0 atom stereocenters. The first-order valence-corrected chi connectivity index (χ1v) is 3.82. The van der Waals surface area contributed by atoms with Crippen LogP contribution in [0.25, 0.3) is 0 Å². The molecule has 0 saturated heterocycles. The van der Waals surface area contributed by atoms with E-state index < -0.39 is 6.09 Å². The topological polar surface area (TPSA) is 63.2 Å². The van der Waals surface area contributed by atoms with Crippen molar-refractivity contribution in [2.24, 2.45) is 0 Å². The Morgan fingerprint density at radius 1 is 1.62 bits per heavy atom. The Balaban J connectivity index is 2.31. The lowest BCUT2D eigenvalue weighted by Crippen LogP contribution is -2.34. The second kappa shape index (κ2) is 5.10. The summed E-state index contributed by atoms with van der Waals surface area (Å²) in [4.78, 5) is 14.8. The van der Waals surface area contributed by atoms with E-state index in [2.05, 4.69) is 15.8 Å². The fraction of sp³-hybridized carbons (Fsp3) is 0.250. The standard InChI is InChI=1S/C8H11N3O2/c1-9-11-8(12)13-6-7-4-2-3-5-10-7/h2-5,9H,6H2,1H3,(H,11,12). The predicted octanol–water partition coefficient (Wildman–Crippen LogP) is 0.442. The van der Waals surface area contributed by atoms with Gasteiger partial charge in [0.05, 0.1) is 5.69 Å². The zero-order valence-electron chi connectivity index (χ0n) is 7.28. The number of hydrazine groups is 1. The smallest absolute Gasteiger partial charge is 0.421 e. The van der Waals surface area contributed by atoms with Crippen molar-refractivity contribution in [2.75, 3.05) is 7.05 Å². The molecule has 0 aliphatic carbocycles. The number of carbonyl (C=O) groups excluding carboxylic acids is 1. The van der Waals surface area contributed by atoms with Gasteiger partial charge in [-0.2, -0.15) is 0 Å². The molecule has 13 heavy (non-hydrogen) atoms. The normalized spacial score (nSPS) is 9.31. The van der Waals surface area contributed by atoms with E-state index in [1.165, 1.54) is 0 Å². The first kappa shape index (κ1) is 9.47. The Morgan fingerprint density at radius 3 is 3.08 bits per heavy atom. The minimum absolute atomic E-state index is 0.175. The van der Waals surface area contributed by atoms with Crippen molar-refractivity contribution in [3.8, 4) is 0 Å². The number of nitrogens with one attached hydrogen (secondary N) is 2. The van der Waals surface area contributed by atoms with Crippen LogP contribution in [-0.2, 0) is 11.3 Å². The Morgan fingerprint density at radius 2 is 2.46 bits per heavy atom. The van der Waals surface area contributed by atoms with Gasteiger partial charge in [-0.25, -0.2) is 10.2 Å². The Labute approximate surface area is 76.1 Å². The molecule has 0 spiro atoms. The number of hydrogen-bond acceptors (Lipinski definition) is 4. The van der Waals surface area contributed by atoms with Crippen molar-refractivity contribution in [1.29, 1.82) is 0 Å². The number of nitrogens with zero attached hydrogens (tertiary/aromatic N) is 1. The first-order chi connectivity index (χ1) is 6.33. The van der Waals surface area contributed by atoms with E-state index in [0.717, 1.165) is 0 Å². The highest BCUT2D eigenvalue weighted by Crippen LogP contribution is 1.95. The summed E-state index contributed by atoms with van der Waals surface area (Å²) in [6.45, 7) is 0.175. The largest absolute Gasteiger partial charge is 0.442 e. The summed E-state index contributed by atoms with van der Waals surface area (Å²) in [7, 11) is 1.59. The molecule has 70 valence electrons. The summed E-state index contributed by atoms with van der Waals surface area (Å²) in [6, 6.07) is 5.42. The van der Waals surface area contributed by atoms with Gasteiger partial charge in [0.25, 0.3) is 0 Å². The van der Waals surface area contributed by atoms with Gasteiger partial charge in [0.1, 0.15) is 6.61 Å². The molecule has 0 aliphatic rings. The lowest BCUT2D eigenvalue weighted by molar-refractivity contribution is 0.134. The molecule has 2 N–H and O–H groups in total. The number of rotatable bonds is 3. The third-order valence-corrected chi connectivity index (χ3v) is 1.30. The Hall–Kier alpha value is -1.62. The minimum atomic E-state index is -0.520. The predicted molar refractivity (Wildman–Crippen MR) is 46.6 cm³/mol. The van der Waals surface area contributed by atoms with Crippen molar-refractivity contribution in [3.63, 3.8) is 0 Å². The van der Waals surface area contributed by atoms with E-state index in [1.54, 1.807) is 25.4 Å². The summed E-state index contributed by atoms with van der Waals surface area (Å²) >= 11 is 0. The van der Waals surface area contributed by atoms with Gasteiger partial charge in [-0.05, 0) is 12.1 Å². The lowest BCUT2D eigenvalue weighted by Gasteiger charge is -2.04. The van der Waals surface area contributed by atoms with Gasteiger partial charge in [0.15, 0.2) is 0 Å². The van der Waals surface area contributed by atoms with Gasteiger partial charge in [-0.15, -0.1) is 0 Å². The number of pyridine rings is 1. The number of amides is 1. The number of hydrogen-bond donors (Lipinski definition) is 2. The van der Waals surface area contributed by atoms with Crippen molar-refractivity contribution < 1.29 is 9.53 Å². The van der Waals surface area contributed by atoms with E-state index in [-0.39, 0.29) is 6.61 Å². The maximum absolute atomic E-state index is 10.8. The SMILES string of the molecule is CNNC(=O)OCc1ccccn1. The molecule has 0 saturated carbocycles. The summed E-state index contributed by atoms with van der Waals surface area (Å²) in [5, 5.41) is 0. The highest BCUT2D eigenvalue weighted by Gasteiger charge is 1.99. The molecule has 1 aromatic rings. The number of carbonyl (C=O) groups is 1. The Bertz CT molecular complexity index is 263. The fourth-order valence-corrected chi connectivity index (χ4v) is 0.761. The van der Waals surface area contributed by atoms with E-state index in [0.29, 0.717) is 5.69 Å². The van der Waals surface area contributed by atoms with Crippen LogP contribution in [0.1, 0.15) is 5.69 Å². The molecule has 1 amide bonds. The Kier molecular flexibility index (Phi) is 3.72. The molecular weight excluding hydrogens is 170 g/mol. The monoisotopic (exact) mass is 181 g/mol. The average molecular weight is 181 g/mol. The van der Waals surface area contributed by atoms with Crippen LogP contribution in [0.5, 0.6) is 0 Å². The van der Waals surface area contributed by atoms with Gasteiger partial charge in [-0.1, -0.05) is 6.07 Å². The average Bonchev–Trinajstić information content (AvgIpc) is 2.17. The summed E-state index contributed by atoms with van der Waals surface area (Å²) in [5.74, 6) is 0. The molecule has 1 heterocycles. The maximum atomic E-state index is 10.8. The summed E-state index contributed by atoms with van der Waals surface area (Å²) in [6.07, 6.45) is 1.13. The van der Waals surface area contributed by atoms with Crippen LogP contribution in [0.3, 0.4) is 0 Å². The lowest BCUT2D eigenvalue weighted by atomic mass is 10.4. The second-order valence-corrected chi connectivity index (χ2v) is 2.27. The highest BCUT2D eigenvalue weighted by molar-refractivity contribution is 5.66. The van der Waals surface area contributed by atoms with Gasteiger partial charge in [-0.3, -0.25) is 10.4 Å². The first-order valence-electron chi connectivity index (χ1n) is 3.82. The van der Waals surface area contributed by atoms with Crippen LogP contribution in [0.15, 0.2) is 24.4 Å². The molecule has 1 aromatic heterocycles. The molecule has 0 bridgehead atoms. The van der Waals surface area contributed by atoms with Gasteiger partial charge < -0.3 is 4.74 Å². The quantitative estimate of drug-likeness (QED) is 0.664. The van der Waals surface area contributed by atoms with E-state index in [4.69, 9.17) is 4.74 Å². The highest BCUT2D eigenvalue weighted by atomic mass is 16.6. The van der Waals surface area contributed by atoms with Crippen molar-refractivity contribution >= 4 is 6.09 Å². The minimum Gasteiger partial charge on any atom is -0.442 e. The van der Waals surface area contributed by atoms with E-state index >= 15 is 0 Å². The number of aromatic nitrogens is 1. The van der Waals surface area contributed by atoms with E-state index in [1.807, 2.05) is 6.07 Å². The van der Waals surface area contributed by atoms with Crippen LogP contribution < -0.4 is 10.9 Å². The summed E-state index contributed by atoms with van der Waals surface area (Å²) in [5.41, 5.74) is 5.45.